The number of nitrogens with one attached hydrogen (secondary N) is 1. The molecule has 6 aliphatic rings. The van der Waals surface area contributed by atoms with Crippen LogP contribution in [0.4, 0.5) is 5.69 Å². The molecule has 2 aromatic rings. The van der Waals surface area contributed by atoms with Gasteiger partial charge in [-0.05, 0) is 124 Å². The Balaban J connectivity index is 1.18. The number of aryl methyl sites for hydroxylation is 1. The van der Waals surface area contributed by atoms with E-state index in [0.717, 1.165) is 87.8 Å². The van der Waals surface area contributed by atoms with Crippen LogP contribution in [0.1, 0.15) is 92.6 Å². The molecule has 1 saturated carbocycles. The van der Waals surface area contributed by atoms with Crippen LogP contribution in [0.25, 0.3) is 0 Å². The summed E-state index contributed by atoms with van der Waals surface area (Å²) in [5.41, 5.74) is 3.01. The van der Waals surface area contributed by atoms with Gasteiger partial charge in [0, 0.05) is 68.4 Å². The minimum Gasteiger partial charge on any atom is -0.490 e. The molecule has 1 amide bonds. The lowest BCUT2D eigenvalue weighted by atomic mass is 9.63. The molecule has 53 heavy (non-hydrogen) atoms. The number of halogens is 1. The van der Waals surface area contributed by atoms with E-state index in [1.807, 2.05) is 32.2 Å². The highest BCUT2D eigenvalue weighted by molar-refractivity contribution is 7.90. The number of hydrogen-bond acceptors (Lipinski definition) is 8. The van der Waals surface area contributed by atoms with Gasteiger partial charge in [0.1, 0.15) is 11.4 Å². The van der Waals surface area contributed by atoms with Crippen LogP contribution in [0, 0.1) is 11.8 Å². The Morgan fingerprint density at radius 3 is 2.72 bits per heavy atom. The molecule has 2 bridgehead atoms. The van der Waals surface area contributed by atoms with Gasteiger partial charge in [-0.3, -0.25) is 14.6 Å². The number of methoxy groups -OCH3 is 1. The summed E-state index contributed by atoms with van der Waals surface area (Å²) in [7, 11) is -2.03. The first-order chi connectivity index (χ1) is 25.6. The van der Waals surface area contributed by atoms with Crippen LogP contribution < -0.4 is 14.4 Å². The predicted molar refractivity (Wildman–Crippen MR) is 211 cm³/mol. The molecule has 2 aromatic carbocycles. The summed E-state index contributed by atoms with van der Waals surface area (Å²) < 4.78 is 43.2. The first kappa shape index (κ1) is 37.3. The Hall–Kier alpha value is -2.63. The summed E-state index contributed by atoms with van der Waals surface area (Å²) in [4.78, 5) is 21.5. The number of piperazine rings is 1. The molecular weight excluding hydrogens is 708 g/mol. The van der Waals surface area contributed by atoms with Crippen LogP contribution in [0.5, 0.6) is 5.75 Å². The van der Waals surface area contributed by atoms with Gasteiger partial charge in [-0.2, -0.15) is 0 Å². The highest BCUT2D eigenvalue weighted by Gasteiger charge is 2.50. The topological polar surface area (TPSA) is 91.4 Å². The summed E-state index contributed by atoms with van der Waals surface area (Å²) in [6.07, 6.45) is 15.0. The molecule has 0 unspecified atom stereocenters. The van der Waals surface area contributed by atoms with E-state index in [1.54, 1.807) is 6.07 Å². The van der Waals surface area contributed by atoms with Gasteiger partial charge in [-0.1, -0.05) is 43.2 Å². The monoisotopic (exact) mass is 764 g/mol. The molecule has 0 radical (unpaired) electrons. The maximum Gasteiger partial charge on any atom is 0.264 e. The molecular formula is C42H57ClN4O5S. The number of fused-ring (bicyclic) bond motifs is 5. The molecule has 11 heteroatoms. The third-order valence-electron chi connectivity index (χ3n) is 13.8. The lowest BCUT2D eigenvalue weighted by Crippen LogP contribution is -2.61. The molecule has 4 aliphatic heterocycles. The van der Waals surface area contributed by atoms with Crippen molar-refractivity contribution in [1.82, 2.24) is 14.5 Å². The molecule has 1 spiro atoms. The number of rotatable bonds is 4. The molecule has 0 aromatic heterocycles. The average Bonchev–Trinajstić information content (AvgIpc) is 3.29. The Labute approximate surface area is 321 Å². The maximum atomic E-state index is 13.7. The minimum atomic E-state index is -3.91. The second-order valence-corrected chi connectivity index (χ2v) is 19.2. The Kier molecular flexibility index (Phi) is 10.6. The summed E-state index contributed by atoms with van der Waals surface area (Å²) in [5, 5.41) is 0.0721. The third kappa shape index (κ3) is 7.28. The zero-order valence-corrected chi connectivity index (χ0v) is 33.1. The largest absolute Gasteiger partial charge is 0.490 e. The quantitative estimate of drug-likeness (QED) is 0.350. The fourth-order valence-corrected chi connectivity index (χ4v) is 12.3. The Bertz CT molecular complexity index is 1820. The van der Waals surface area contributed by atoms with E-state index in [-0.39, 0.29) is 5.41 Å². The lowest BCUT2D eigenvalue weighted by Gasteiger charge is -2.53. The van der Waals surface area contributed by atoms with E-state index in [4.69, 9.17) is 21.1 Å². The molecule has 1 N–H and O–H groups in total. The minimum absolute atomic E-state index is 0.255. The molecule has 6 atom stereocenters. The van der Waals surface area contributed by atoms with Crippen LogP contribution in [0.2, 0.25) is 5.02 Å². The zero-order valence-electron chi connectivity index (χ0n) is 31.5. The van der Waals surface area contributed by atoms with Gasteiger partial charge in [0.25, 0.3) is 5.91 Å². The van der Waals surface area contributed by atoms with E-state index in [9.17, 15) is 13.2 Å². The number of piperidine rings is 1. The number of anilines is 1. The van der Waals surface area contributed by atoms with E-state index in [2.05, 4.69) is 43.7 Å². The third-order valence-corrected chi connectivity index (χ3v) is 15.9. The van der Waals surface area contributed by atoms with Crippen molar-refractivity contribution < 1.29 is 22.7 Å². The molecule has 9 nitrogen and oxygen atoms in total. The van der Waals surface area contributed by atoms with Crippen molar-refractivity contribution in [2.75, 3.05) is 64.4 Å². The molecule has 4 heterocycles. The smallest absolute Gasteiger partial charge is 0.264 e. The van der Waals surface area contributed by atoms with Crippen molar-refractivity contribution in [3.63, 3.8) is 0 Å². The predicted octanol–water partition coefficient (Wildman–Crippen LogP) is 6.58. The summed E-state index contributed by atoms with van der Waals surface area (Å²) in [5.74, 6) is 0.790. The summed E-state index contributed by atoms with van der Waals surface area (Å²) in [6.45, 7) is 9.18. The van der Waals surface area contributed by atoms with E-state index < -0.39 is 26.8 Å². The highest BCUT2D eigenvalue weighted by Crippen LogP contribution is 2.49. The molecule has 288 valence electrons. The number of amides is 1. The zero-order chi connectivity index (χ0) is 36.8. The first-order valence-electron chi connectivity index (χ1n) is 20.2. The van der Waals surface area contributed by atoms with Crippen molar-refractivity contribution in [1.29, 1.82) is 0 Å². The fourth-order valence-electron chi connectivity index (χ4n) is 10.7. The van der Waals surface area contributed by atoms with Gasteiger partial charge < -0.3 is 14.4 Å². The van der Waals surface area contributed by atoms with Gasteiger partial charge in [0.2, 0.25) is 10.0 Å². The van der Waals surface area contributed by atoms with Crippen molar-refractivity contribution in [3.05, 3.63) is 70.3 Å². The van der Waals surface area contributed by atoms with Crippen LogP contribution in [-0.2, 0) is 26.6 Å². The number of carbonyl (C=O) groups excluding carboxylic acids is 1. The van der Waals surface area contributed by atoms with Crippen molar-refractivity contribution in [2.24, 2.45) is 11.8 Å². The second-order valence-electron chi connectivity index (χ2n) is 16.8. The van der Waals surface area contributed by atoms with Gasteiger partial charge in [0.15, 0.2) is 0 Å². The van der Waals surface area contributed by atoms with E-state index >= 15 is 0 Å². The molecule has 2 aliphatic carbocycles. The van der Waals surface area contributed by atoms with Crippen LogP contribution in [0.15, 0.2) is 48.6 Å². The SMILES string of the molecule is CC[C@@H]1CC/C=C\[C@](CN2CCN3CCCC[C@@H]3C2)(OC)[C@@H]2CC[C@H]2CN2C[C@@]3(CCCc4cc(Cl)ccc43)COc3ccc(cc32)C(=O)NS1(=O)=O. The van der Waals surface area contributed by atoms with Gasteiger partial charge in [0.05, 0.1) is 17.5 Å². The first-order valence-corrected chi connectivity index (χ1v) is 22.1. The van der Waals surface area contributed by atoms with Crippen molar-refractivity contribution in [2.45, 2.75) is 99.9 Å². The Morgan fingerprint density at radius 2 is 1.91 bits per heavy atom. The van der Waals surface area contributed by atoms with Gasteiger partial charge in [-0.25, -0.2) is 13.1 Å². The summed E-state index contributed by atoms with van der Waals surface area (Å²) >= 11 is 6.51. The van der Waals surface area contributed by atoms with Crippen LogP contribution in [0.3, 0.4) is 0 Å². The maximum absolute atomic E-state index is 13.7. The lowest BCUT2D eigenvalue weighted by molar-refractivity contribution is -0.100. The molecule has 3 fully saturated rings. The number of hydrogen-bond donors (Lipinski definition) is 1. The number of sulfonamides is 1. The van der Waals surface area contributed by atoms with Gasteiger partial charge in [-0.15, -0.1) is 0 Å². The van der Waals surface area contributed by atoms with E-state index in [1.165, 1.54) is 36.9 Å². The van der Waals surface area contributed by atoms with Crippen molar-refractivity contribution in [3.8, 4) is 5.75 Å². The standard InChI is InChI=1S/C42H57ClN4O5S/c1-3-35-11-4-6-19-42(51-2,28-45-21-22-46-20-7-5-10-34(46)26-45)37-15-12-32(37)25-47-27-41(18-8-9-30-23-33(43)14-16-36(30)41)29-52-39-17-13-31(24-38(39)47)40(48)44-53(35,49)50/h6,13-14,16-17,19,23-24,32,34-35,37H,3-5,7-12,15,18,20-22,25-29H2,1-2H3,(H,44,48)/b19-6-/t32-,34+,35+,37+,41-,42+/m0/s1. The fraction of sp³-hybridized carbons (Fsp3) is 0.643. The Morgan fingerprint density at radius 1 is 1.02 bits per heavy atom. The second kappa shape index (κ2) is 15.1. The molecule has 8 rings (SSSR count). The van der Waals surface area contributed by atoms with E-state index in [0.29, 0.717) is 49.3 Å². The number of benzene rings is 2. The highest BCUT2D eigenvalue weighted by atomic mass is 35.5. The number of allylic oxidation sites excluding steroid dienone is 1. The number of carbonyl (C=O) groups is 1. The van der Waals surface area contributed by atoms with Crippen LogP contribution >= 0.6 is 11.6 Å². The van der Waals surface area contributed by atoms with Crippen LogP contribution in [-0.4, -0.2) is 101 Å². The summed E-state index contributed by atoms with van der Waals surface area (Å²) in [6, 6.07) is 12.3. The van der Waals surface area contributed by atoms with Crippen molar-refractivity contribution >= 4 is 33.2 Å². The van der Waals surface area contributed by atoms with Gasteiger partial charge >= 0.3 is 0 Å². The number of ether oxygens (including phenoxy) is 2. The number of nitrogens with zero attached hydrogens (tertiary/aromatic N) is 3. The normalized spacial score (nSPS) is 34.0. The molecule has 2 saturated heterocycles. The average molecular weight is 765 g/mol.